The van der Waals surface area contributed by atoms with Gasteiger partial charge in [0, 0.05) is 6.54 Å². The minimum atomic E-state index is -1.18. The molecule has 0 aliphatic rings. The van der Waals surface area contributed by atoms with Crippen LogP contribution in [0.4, 0.5) is 8.78 Å². The van der Waals surface area contributed by atoms with Crippen molar-refractivity contribution in [3.63, 3.8) is 0 Å². The molecule has 0 radical (unpaired) electrons. The predicted molar refractivity (Wildman–Crippen MR) is 50.4 cm³/mol. The van der Waals surface area contributed by atoms with Gasteiger partial charge in [-0.25, -0.2) is 8.78 Å². The normalized spacial score (nSPS) is 12.3. The van der Waals surface area contributed by atoms with Gasteiger partial charge in [-0.15, -0.1) is 0 Å². The van der Waals surface area contributed by atoms with Crippen LogP contribution in [0, 0.1) is 11.6 Å². The van der Waals surface area contributed by atoms with Crippen LogP contribution in [0.15, 0.2) is 18.2 Å². The smallest absolute Gasteiger partial charge is 0.254 e. The molecule has 2 N–H and O–H groups in total. The maximum absolute atomic E-state index is 13.1. The van der Waals surface area contributed by atoms with Gasteiger partial charge in [0.15, 0.2) is 11.6 Å². The quantitative estimate of drug-likeness (QED) is 0.792. The number of rotatable bonds is 3. The van der Waals surface area contributed by atoms with Crippen LogP contribution in [-0.2, 0) is 0 Å². The topological polar surface area (TPSA) is 49.3 Å². The number of aliphatic hydroxyl groups excluding tert-OH is 1. The molecular formula is C10H11F2NO2. The van der Waals surface area contributed by atoms with Gasteiger partial charge < -0.3 is 10.4 Å². The fourth-order valence-corrected chi connectivity index (χ4v) is 1.01. The molecule has 1 atom stereocenters. The minimum Gasteiger partial charge on any atom is -0.392 e. The molecule has 1 aromatic rings. The molecule has 1 aromatic carbocycles. The molecule has 0 unspecified atom stereocenters. The molecule has 0 aromatic heterocycles. The third-order valence-corrected chi connectivity index (χ3v) is 1.75. The van der Waals surface area contributed by atoms with Gasteiger partial charge in [0.25, 0.3) is 5.91 Å². The van der Waals surface area contributed by atoms with Crippen molar-refractivity contribution in [1.82, 2.24) is 5.32 Å². The van der Waals surface area contributed by atoms with E-state index in [9.17, 15) is 13.6 Å². The van der Waals surface area contributed by atoms with E-state index < -0.39 is 23.6 Å². The molecule has 0 spiro atoms. The number of hydrogen-bond donors (Lipinski definition) is 2. The van der Waals surface area contributed by atoms with Crippen LogP contribution >= 0.6 is 0 Å². The van der Waals surface area contributed by atoms with E-state index >= 15 is 0 Å². The van der Waals surface area contributed by atoms with Gasteiger partial charge in [0.05, 0.1) is 11.7 Å². The van der Waals surface area contributed by atoms with E-state index in [4.69, 9.17) is 5.11 Å². The lowest BCUT2D eigenvalue weighted by Crippen LogP contribution is -2.31. The molecule has 0 saturated carbocycles. The second-order valence-corrected chi connectivity index (χ2v) is 3.16. The number of carbonyl (C=O) groups excluding carboxylic acids is 1. The minimum absolute atomic E-state index is 0.00517. The standard InChI is InChI=1S/C10H11F2NO2/c1-6(14)5-13-10(15)7-3-2-4-8(11)9(7)12/h2-4,6,14H,5H2,1H3,(H,13,15)/t6-/m0/s1. The highest BCUT2D eigenvalue weighted by molar-refractivity contribution is 5.94. The summed E-state index contributed by atoms with van der Waals surface area (Å²) in [5.41, 5.74) is -0.365. The summed E-state index contributed by atoms with van der Waals surface area (Å²) in [7, 11) is 0. The highest BCUT2D eigenvalue weighted by Crippen LogP contribution is 2.10. The van der Waals surface area contributed by atoms with E-state index in [0.717, 1.165) is 6.07 Å². The predicted octanol–water partition coefficient (Wildman–Crippen LogP) is 1.08. The average molecular weight is 215 g/mol. The van der Waals surface area contributed by atoms with Crippen LogP contribution < -0.4 is 5.32 Å². The third-order valence-electron chi connectivity index (χ3n) is 1.75. The fourth-order valence-electron chi connectivity index (χ4n) is 1.01. The number of aliphatic hydroxyl groups is 1. The van der Waals surface area contributed by atoms with Crippen molar-refractivity contribution >= 4 is 5.91 Å². The Bertz CT molecular complexity index is 366. The Morgan fingerprint density at radius 1 is 1.53 bits per heavy atom. The Kier molecular flexibility index (Phi) is 3.74. The molecule has 1 rings (SSSR count). The van der Waals surface area contributed by atoms with Gasteiger partial charge in [-0.2, -0.15) is 0 Å². The number of nitrogens with one attached hydrogen (secondary N) is 1. The number of carbonyl (C=O) groups is 1. The summed E-state index contributed by atoms with van der Waals surface area (Å²) in [6.07, 6.45) is -0.731. The largest absolute Gasteiger partial charge is 0.392 e. The van der Waals surface area contributed by atoms with Crippen molar-refractivity contribution in [2.45, 2.75) is 13.0 Å². The summed E-state index contributed by atoms with van der Waals surface area (Å²) < 4.78 is 25.8. The van der Waals surface area contributed by atoms with Crippen LogP contribution in [0.25, 0.3) is 0 Å². The van der Waals surface area contributed by atoms with E-state index in [-0.39, 0.29) is 12.1 Å². The highest BCUT2D eigenvalue weighted by Gasteiger charge is 2.14. The summed E-state index contributed by atoms with van der Waals surface area (Å²) in [5, 5.41) is 11.2. The zero-order valence-electron chi connectivity index (χ0n) is 8.13. The van der Waals surface area contributed by atoms with Crippen LogP contribution in [0.1, 0.15) is 17.3 Å². The molecule has 0 fully saturated rings. The van der Waals surface area contributed by atoms with E-state index in [1.807, 2.05) is 0 Å². The molecule has 0 heterocycles. The number of hydrogen-bond acceptors (Lipinski definition) is 2. The van der Waals surface area contributed by atoms with Crippen molar-refractivity contribution in [3.05, 3.63) is 35.4 Å². The summed E-state index contributed by atoms with van der Waals surface area (Å²) in [4.78, 5) is 11.3. The van der Waals surface area contributed by atoms with Gasteiger partial charge >= 0.3 is 0 Å². The van der Waals surface area contributed by atoms with Crippen LogP contribution in [0.5, 0.6) is 0 Å². The van der Waals surface area contributed by atoms with Crippen LogP contribution in [0.2, 0.25) is 0 Å². The molecule has 0 aliphatic carbocycles. The van der Waals surface area contributed by atoms with Crippen molar-refractivity contribution in [2.75, 3.05) is 6.54 Å². The van der Waals surface area contributed by atoms with E-state index in [1.165, 1.54) is 19.1 Å². The molecule has 0 aliphatic heterocycles. The van der Waals surface area contributed by atoms with Crippen molar-refractivity contribution in [1.29, 1.82) is 0 Å². The lowest BCUT2D eigenvalue weighted by Gasteiger charge is -2.07. The fraction of sp³-hybridized carbons (Fsp3) is 0.300. The first-order chi connectivity index (χ1) is 7.02. The number of amides is 1. The first-order valence-corrected chi connectivity index (χ1v) is 4.42. The zero-order chi connectivity index (χ0) is 11.4. The number of halogens is 2. The van der Waals surface area contributed by atoms with Crippen LogP contribution in [0.3, 0.4) is 0 Å². The molecular weight excluding hydrogens is 204 g/mol. The highest BCUT2D eigenvalue weighted by atomic mass is 19.2. The summed E-state index contributed by atoms with van der Waals surface area (Å²) in [6, 6.07) is 3.35. The maximum atomic E-state index is 13.1. The molecule has 0 bridgehead atoms. The molecule has 15 heavy (non-hydrogen) atoms. The lowest BCUT2D eigenvalue weighted by atomic mass is 10.2. The first kappa shape index (κ1) is 11.6. The summed E-state index contributed by atoms with van der Waals surface area (Å²) in [6.45, 7) is 1.47. The van der Waals surface area contributed by atoms with Crippen molar-refractivity contribution in [2.24, 2.45) is 0 Å². The lowest BCUT2D eigenvalue weighted by molar-refractivity contribution is 0.0919. The Hall–Kier alpha value is -1.49. The first-order valence-electron chi connectivity index (χ1n) is 4.42. The van der Waals surface area contributed by atoms with E-state index in [1.54, 1.807) is 0 Å². The summed E-state index contributed by atoms with van der Waals surface area (Å²) in [5.74, 6) is -2.99. The van der Waals surface area contributed by atoms with Gasteiger partial charge in [0.1, 0.15) is 0 Å². The number of benzene rings is 1. The SMILES string of the molecule is C[C@H](O)CNC(=O)c1cccc(F)c1F. The zero-order valence-corrected chi connectivity index (χ0v) is 8.13. The molecule has 1 amide bonds. The Morgan fingerprint density at radius 2 is 2.20 bits per heavy atom. The molecule has 82 valence electrons. The third kappa shape index (κ3) is 2.99. The average Bonchev–Trinajstić information content (AvgIpc) is 2.18. The van der Waals surface area contributed by atoms with Crippen LogP contribution in [-0.4, -0.2) is 23.7 Å². The molecule has 5 heteroatoms. The Labute approximate surface area is 85.7 Å². The monoisotopic (exact) mass is 215 g/mol. The molecule has 0 saturated heterocycles. The summed E-state index contributed by atoms with van der Waals surface area (Å²) >= 11 is 0. The van der Waals surface area contributed by atoms with E-state index in [2.05, 4.69) is 5.32 Å². The second kappa shape index (κ2) is 4.84. The van der Waals surface area contributed by atoms with Gasteiger partial charge in [-0.3, -0.25) is 4.79 Å². The van der Waals surface area contributed by atoms with Gasteiger partial charge in [-0.05, 0) is 19.1 Å². The Morgan fingerprint density at radius 3 is 2.80 bits per heavy atom. The maximum Gasteiger partial charge on any atom is 0.254 e. The van der Waals surface area contributed by atoms with Gasteiger partial charge in [0.2, 0.25) is 0 Å². The van der Waals surface area contributed by atoms with Crippen molar-refractivity contribution in [3.8, 4) is 0 Å². The molecule has 3 nitrogen and oxygen atoms in total. The Balaban J connectivity index is 2.78. The van der Waals surface area contributed by atoms with Gasteiger partial charge in [-0.1, -0.05) is 6.07 Å². The second-order valence-electron chi connectivity index (χ2n) is 3.16. The van der Waals surface area contributed by atoms with Crippen molar-refractivity contribution < 1.29 is 18.7 Å². The van der Waals surface area contributed by atoms with E-state index in [0.29, 0.717) is 0 Å².